The Labute approximate surface area is 111 Å². The quantitative estimate of drug-likeness (QED) is 0.862. The first-order valence-corrected chi connectivity index (χ1v) is 5.30. The molecule has 0 bridgehead atoms. The van der Waals surface area contributed by atoms with E-state index in [1.54, 1.807) is 6.92 Å². The minimum Gasteiger partial charge on any atom is -0.464 e. The van der Waals surface area contributed by atoms with E-state index in [0.717, 1.165) is 0 Å². The molecule has 1 unspecified atom stereocenters. The van der Waals surface area contributed by atoms with Crippen molar-refractivity contribution in [3.8, 4) is 0 Å². The van der Waals surface area contributed by atoms with Crippen molar-refractivity contribution in [1.29, 1.82) is 0 Å². The fourth-order valence-electron chi connectivity index (χ4n) is 1.51. The molecule has 0 amide bonds. The monoisotopic (exact) mass is 279 g/mol. The van der Waals surface area contributed by atoms with Crippen LogP contribution in [0.1, 0.15) is 24.1 Å². The van der Waals surface area contributed by atoms with Gasteiger partial charge in [0.15, 0.2) is 0 Å². The first-order valence-electron chi connectivity index (χ1n) is 5.30. The van der Waals surface area contributed by atoms with E-state index in [0.29, 0.717) is 0 Å². The highest BCUT2D eigenvalue weighted by molar-refractivity contribution is 5.85. The van der Waals surface area contributed by atoms with Crippen LogP contribution in [0.15, 0.2) is 18.2 Å². The van der Waals surface area contributed by atoms with Crippen LogP contribution in [-0.4, -0.2) is 18.7 Å². The molecule has 3 nitrogen and oxygen atoms in total. The highest BCUT2D eigenvalue weighted by atomic mass is 35.5. The van der Waals surface area contributed by atoms with Crippen molar-refractivity contribution >= 4 is 18.4 Å². The largest absolute Gasteiger partial charge is 0.464 e. The lowest BCUT2D eigenvalue weighted by molar-refractivity contribution is -0.149. The van der Waals surface area contributed by atoms with Crippen molar-refractivity contribution in [3.05, 3.63) is 35.1 Å². The number of nitrogens with two attached hydrogens (primary N) is 1. The Hall–Kier alpha value is -1.20. The molecule has 0 saturated carbocycles. The molecule has 0 aliphatic rings. The maximum Gasteiger partial charge on any atom is 0.342 e. The van der Waals surface area contributed by atoms with Gasteiger partial charge in [-0.2, -0.15) is 0 Å². The summed E-state index contributed by atoms with van der Waals surface area (Å²) in [6.07, 6.45) is -1.99. The van der Waals surface area contributed by atoms with E-state index in [2.05, 4.69) is 4.74 Å². The topological polar surface area (TPSA) is 52.3 Å². The van der Waals surface area contributed by atoms with Gasteiger partial charge in [0.25, 0.3) is 0 Å². The summed E-state index contributed by atoms with van der Waals surface area (Å²) < 4.78 is 31.4. The van der Waals surface area contributed by atoms with E-state index in [1.165, 1.54) is 25.1 Å². The van der Waals surface area contributed by atoms with Crippen LogP contribution in [0.3, 0.4) is 0 Å². The number of halogens is 3. The molecule has 0 saturated heterocycles. The lowest BCUT2D eigenvalue weighted by atomic mass is 9.98. The van der Waals surface area contributed by atoms with Gasteiger partial charge in [0.05, 0.1) is 12.6 Å². The molecule has 0 aromatic heterocycles. The zero-order chi connectivity index (χ0) is 13.0. The Morgan fingerprint density at radius 3 is 2.67 bits per heavy atom. The predicted octanol–water partition coefficient (Wildman–Crippen LogP) is 2.46. The van der Waals surface area contributed by atoms with Gasteiger partial charge in [-0.25, -0.2) is 13.6 Å². The Bertz CT molecular complexity index is 415. The average molecular weight is 280 g/mol. The lowest BCUT2D eigenvalue weighted by Gasteiger charge is -2.18. The summed E-state index contributed by atoms with van der Waals surface area (Å²) in [7, 11) is 0. The summed E-state index contributed by atoms with van der Waals surface area (Å²) in [5.41, 5.74) is 6.11. The zero-order valence-electron chi connectivity index (χ0n) is 10.2. The molecule has 1 aromatic rings. The van der Waals surface area contributed by atoms with Crippen molar-refractivity contribution in [2.75, 3.05) is 6.61 Å². The SMILES string of the molecule is CCOC(=O)C(F)[C@@H](N)c1cccc(F)c1C.Cl. The molecule has 18 heavy (non-hydrogen) atoms. The van der Waals surface area contributed by atoms with Crippen LogP contribution < -0.4 is 5.73 Å². The first kappa shape index (κ1) is 16.8. The summed E-state index contributed by atoms with van der Waals surface area (Å²) in [6, 6.07) is 2.96. The molecule has 2 N–H and O–H groups in total. The summed E-state index contributed by atoms with van der Waals surface area (Å²) in [5, 5.41) is 0. The highest BCUT2D eigenvalue weighted by Crippen LogP contribution is 2.23. The second-order valence-electron chi connectivity index (χ2n) is 3.63. The molecule has 0 spiro atoms. The zero-order valence-corrected chi connectivity index (χ0v) is 11.0. The number of carbonyl (C=O) groups excluding carboxylic acids is 1. The predicted molar refractivity (Wildman–Crippen MR) is 66.8 cm³/mol. The van der Waals surface area contributed by atoms with E-state index < -0.39 is 24.0 Å². The van der Waals surface area contributed by atoms with Gasteiger partial charge < -0.3 is 10.5 Å². The van der Waals surface area contributed by atoms with Crippen LogP contribution in [0.2, 0.25) is 0 Å². The van der Waals surface area contributed by atoms with Crippen molar-refractivity contribution in [1.82, 2.24) is 0 Å². The van der Waals surface area contributed by atoms with Crippen molar-refractivity contribution in [2.45, 2.75) is 26.1 Å². The van der Waals surface area contributed by atoms with Crippen LogP contribution in [0, 0.1) is 12.7 Å². The second kappa shape index (κ2) is 7.28. The summed E-state index contributed by atoms with van der Waals surface area (Å²) in [6.45, 7) is 3.14. The van der Waals surface area contributed by atoms with Crippen molar-refractivity contribution in [3.63, 3.8) is 0 Å². The molecule has 1 aromatic carbocycles. The number of esters is 1. The molecule has 6 heteroatoms. The molecule has 0 aliphatic carbocycles. The third-order valence-corrected chi connectivity index (χ3v) is 2.50. The van der Waals surface area contributed by atoms with Crippen LogP contribution >= 0.6 is 12.4 Å². The minimum absolute atomic E-state index is 0. The summed E-state index contributed by atoms with van der Waals surface area (Å²) in [5.74, 6) is -1.50. The standard InChI is InChI=1S/C12H15F2NO2.ClH/c1-3-17-12(16)10(14)11(15)8-5-4-6-9(13)7(8)2;/h4-6,10-11H,3,15H2,1-2H3;1H/t10?,11-;/m0./s1. The normalized spacial score (nSPS) is 13.4. The first-order chi connectivity index (χ1) is 7.99. The van der Waals surface area contributed by atoms with E-state index >= 15 is 0 Å². The van der Waals surface area contributed by atoms with Gasteiger partial charge in [-0.1, -0.05) is 12.1 Å². The maximum atomic E-state index is 13.7. The fourth-order valence-corrected chi connectivity index (χ4v) is 1.51. The Balaban J connectivity index is 0.00000289. The minimum atomic E-state index is -1.99. The van der Waals surface area contributed by atoms with E-state index in [1.807, 2.05) is 0 Å². The van der Waals surface area contributed by atoms with Gasteiger partial charge in [0.2, 0.25) is 6.17 Å². The van der Waals surface area contributed by atoms with Gasteiger partial charge in [-0.05, 0) is 31.0 Å². The number of benzene rings is 1. The molecule has 2 atom stereocenters. The fraction of sp³-hybridized carbons (Fsp3) is 0.417. The molecule has 102 valence electrons. The smallest absolute Gasteiger partial charge is 0.342 e. The van der Waals surface area contributed by atoms with Gasteiger partial charge in [-0.3, -0.25) is 0 Å². The molecular weight excluding hydrogens is 264 g/mol. The molecule has 1 rings (SSSR count). The average Bonchev–Trinajstić information content (AvgIpc) is 2.31. The van der Waals surface area contributed by atoms with Crippen LogP contribution in [0.5, 0.6) is 0 Å². The van der Waals surface area contributed by atoms with Crippen LogP contribution in [-0.2, 0) is 9.53 Å². The number of hydrogen-bond acceptors (Lipinski definition) is 3. The molecular formula is C12H16ClF2NO2. The lowest BCUT2D eigenvalue weighted by Crippen LogP contribution is -2.32. The van der Waals surface area contributed by atoms with Crippen molar-refractivity contribution < 1.29 is 18.3 Å². The number of alkyl halides is 1. The summed E-state index contributed by atoms with van der Waals surface area (Å²) >= 11 is 0. The van der Waals surface area contributed by atoms with Crippen molar-refractivity contribution in [2.24, 2.45) is 5.73 Å². The molecule has 0 radical (unpaired) electrons. The molecule has 0 fully saturated rings. The van der Waals surface area contributed by atoms with Gasteiger partial charge >= 0.3 is 5.97 Å². The van der Waals surface area contributed by atoms with Crippen LogP contribution in [0.4, 0.5) is 8.78 Å². The summed E-state index contributed by atoms with van der Waals surface area (Å²) in [4.78, 5) is 11.2. The number of rotatable bonds is 4. The van der Waals surface area contributed by atoms with Gasteiger partial charge in [-0.15, -0.1) is 12.4 Å². The van der Waals surface area contributed by atoms with E-state index in [4.69, 9.17) is 5.73 Å². The highest BCUT2D eigenvalue weighted by Gasteiger charge is 2.29. The third-order valence-electron chi connectivity index (χ3n) is 2.50. The van der Waals surface area contributed by atoms with Gasteiger partial charge in [0, 0.05) is 0 Å². The molecule has 0 heterocycles. The number of ether oxygens (including phenoxy) is 1. The van der Waals surface area contributed by atoms with E-state index in [9.17, 15) is 13.6 Å². The molecule has 0 aliphatic heterocycles. The third kappa shape index (κ3) is 3.65. The van der Waals surface area contributed by atoms with E-state index in [-0.39, 0.29) is 30.1 Å². The van der Waals surface area contributed by atoms with Crippen LogP contribution in [0.25, 0.3) is 0 Å². The number of hydrogen-bond donors (Lipinski definition) is 1. The Morgan fingerprint density at radius 2 is 2.11 bits per heavy atom. The maximum absolute atomic E-state index is 13.7. The number of carbonyl (C=O) groups is 1. The Morgan fingerprint density at radius 1 is 1.50 bits per heavy atom. The second-order valence-corrected chi connectivity index (χ2v) is 3.63. The van der Waals surface area contributed by atoms with Gasteiger partial charge in [0.1, 0.15) is 5.82 Å². The Kier molecular flexibility index (Phi) is 6.80.